The molecule has 9 heteroatoms. The fraction of sp³-hybridized carbons (Fsp3) is 0.667. The predicted octanol–water partition coefficient (Wildman–Crippen LogP) is -1.34. The highest BCUT2D eigenvalue weighted by Crippen LogP contribution is 2.11. The zero-order valence-electron chi connectivity index (χ0n) is 11.9. The van der Waals surface area contributed by atoms with E-state index in [-0.39, 0.29) is 25.3 Å². The number of carbonyl (C=O) groups is 4. The summed E-state index contributed by atoms with van der Waals surface area (Å²) in [5, 5.41) is 23.0. The number of aliphatic hydroxyl groups is 1. The molecule has 0 bridgehead atoms. The van der Waals surface area contributed by atoms with Crippen LogP contribution in [-0.2, 0) is 14.4 Å². The number of imide groups is 1. The third kappa shape index (κ3) is 5.03. The fourth-order valence-corrected chi connectivity index (χ4v) is 1.92. The number of urea groups is 1. The molecule has 0 spiro atoms. The summed E-state index contributed by atoms with van der Waals surface area (Å²) in [5.41, 5.74) is -1.59. The smallest absolute Gasteiger partial charge is 0.315 e. The van der Waals surface area contributed by atoms with Gasteiger partial charge in [-0.3, -0.25) is 19.3 Å². The number of likely N-dealkylation sites (tertiary alicyclic amines) is 1. The van der Waals surface area contributed by atoms with Crippen LogP contribution in [0.15, 0.2) is 0 Å². The first kappa shape index (κ1) is 16.9. The molecule has 1 rings (SSSR count). The van der Waals surface area contributed by atoms with Gasteiger partial charge in [0.2, 0.25) is 5.91 Å². The number of nitrogens with zero attached hydrogens (tertiary/aromatic N) is 1. The van der Waals surface area contributed by atoms with E-state index in [0.29, 0.717) is 0 Å². The maximum atomic E-state index is 11.8. The molecule has 1 fully saturated rings. The van der Waals surface area contributed by atoms with E-state index in [4.69, 9.17) is 5.11 Å². The first-order chi connectivity index (χ1) is 9.62. The van der Waals surface area contributed by atoms with E-state index in [1.54, 1.807) is 0 Å². The van der Waals surface area contributed by atoms with Crippen LogP contribution >= 0.6 is 0 Å². The lowest BCUT2D eigenvalue weighted by Gasteiger charge is -2.28. The molecule has 2 unspecified atom stereocenters. The molecular weight excluding hydrogens is 282 g/mol. The van der Waals surface area contributed by atoms with Crippen molar-refractivity contribution in [1.82, 2.24) is 15.5 Å². The van der Waals surface area contributed by atoms with E-state index in [2.05, 4.69) is 10.6 Å². The van der Waals surface area contributed by atoms with Crippen LogP contribution in [0.25, 0.3) is 0 Å². The van der Waals surface area contributed by atoms with Gasteiger partial charge in [-0.15, -0.1) is 0 Å². The van der Waals surface area contributed by atoms with Crippen LogP contribution < -0.4 is 10.6 Å². The standard InChI is InChI=1S/C12H19N3O6/c1-12(21,5-9(17)18)6-13-11(20)14-7-3-4-8(16)15(2)10(7)19/h7,21H,3-6H2,1-2H3,(H,17,18)(H2,13,14,20). The van der Waals surface area contributed by atoms with Crippen molar-refractivity contribution >= 4 is 23.8 Å². The molecule has 0 aromatic heterocycles. The molecule has 1 aliphatic rings. The number of likely N-dealkylation sites (N-methyl/N-ethyl adjacent to an activating group) is 1. The van der Waals surface area contributed by atoms with Gasteiger partial charge in [-0.25, -0.2) is 4.79 Å². The lowest BCUT2D eigenvalue weighted by atomic mass is 10.0. The molecule has 4 amide bonds. The molecule has 1 heterocycles. The molecule has 1 aliphatic heterocycles. The van der Waals surface area contributed by atoms with Crippen molar-refractivity contribution in [2.45, 2.75) is 37.8 Å². The largest absolute Gasteiger partial charge is 0.481 e. The van der Waals surface area contributed by atoms with Crippen molar-refractivity contribution in [3.8, 4) is 0 Å². The maximum Gasteiger partial charge on any atom is 0.315 e. The number of carbonyl (C=O) groups excluding carboxylic acids is 3. The number of rotatable bonds is 5. The topological polar surface area (TPSA) is 136 Å². The first-order valence-electron chi connectivity index (χ1n) is 6.41. The summed E-state index contributed by atoms with van der Waals surface area (Å²) in [4.78, 5) is 46.1. The van der Waals surface area contributed by atoms with Crippen molar-refractivity contribution in [2.24, 2.45) is 0 Å². The normalized spacial score (nSPS) is 21.7. The first-order valence-corrected chi connectivity index (χ1v) is 6.41. The SMILES string of the molecule is CN1C(=O)CCC(NC(=O)NCC(C)(O)CC(=O)O)C1=O. The van der Waals surface area contributed by atoms with Crippen LogP contribution in [0.1, 0.15) is 26.2 Å². The number of piperidine rings is 1. The second-order valence-electron chi connectivity index (χ2n) is 5.28. The van der Waals surface area contributed by atoms with Crippen LogP contribution in [0.2, 0.25) is 0 Å². The summed E-state index contributed by atoms with van der Waals surface area (Å²) < 4.78 is 0. The van der Waals surface area contributed by atoms with Crippen molar-refractivity contribution in [3.63, 3.8) is 0 Å². The van der Waals surface area contributed by atoms with E-state index in [9.17, 15) is 24.3 Å². The average Bonchev–Trinajstić information content (AvgIpc) is 2.36. The monoisotopic (exact) mass is 301 g/mol. The van der Waals surface area contributed by atoms with E-state index in [1.807, 2.05) is 0 Å². The van der Waals surface area contributed by atoms with Crippen molar-refractivity contribution in [3.05, 3.63) is 0 Å². The molecule has 9 nitrogen and oxygen atoms in total. The highest BCUT2D eigenvalue weighted by molar-refractivity contribution is 6.01. The Morgan fingerprint density at radius 1 is 1.43 bits per heavy atom. The van der Waals surface area contributed by atoms with Crippen LogP contribution in [0.3, 0.4) is 0 Å². The molecule has 0 aromatic carbocycles. The summed E-state index contributed by atoms with van der Waals surface area (Å²) in [6.07, 6.45) is -0.155. The van der Waals surface area contributed by atoms with E-state index >= 15 is 0 Å². The molecule has 0 saturated carbocycles. The Kier molecular flexibility index (Phi) is 5.25. The Morgan fingerprint density at radius 2 is 2.05 bits per heavy atom. The summed E-state index contributed by atoms with van der Waals surface area (Å²) in [7, 11) is 1.34. The maximum absolute atomic E-state index is 11.8. The number of aliphatic carboxylic acids is 1. The second-order valence-corrected chi connectivity index (χ2v) is 5.28. The Balaban J connectivity index is 2.45. The predicted molar refractivity (Wildman–Crippen MR) is 70.2 cm³/mol. The van der Waals surface area contributed by atoms with Gasteiger partial charge in [0.05, 0.1) is 12.0 Å². The van der Waals surface area contributed by atoms with Crippen LogP contribution in [0, 0.1) is 0 Å². The number of carboxylic acids is 1. The van der Waals surface area contributed by atoms with Gasteiger partial charge >= 0.3 is 12.0 Å². The Bertz CT molecular complexity index is 462. The van der Waals surface area contributed by atoms with E-state index < -0.39 is 36.0 Å². The molecule has 1 saturated heterocycles. The van der Waals surface area contributed by atoms with Gasteiger partial charge in [-0.2, -0.15) is 0 Å². The summed E-state index contributed by atoms with van der Waals surface area (Å²) in [6.45, 7) is 1.00. The van der Waals surface area contributed by atoms with Crippen LogP contribution in [0.4, 0.5) is 4.79 Å². The lowest BCUT2D eigenvalue weighted by molar-refractivity contribution is -0.148. The average molecular weight is 301 g/mol. The van der Waals surface area contributed by atoms with Gasteiger partial charge in [0, 0.05) is 20.0 Å². The number of hydrogen-bond acceptors (Lipinski definition) is 5. The third-order valence-corrected chi connectivity index (χ3v) is 3.12. The van der Waals surface area contributed by atoms with E-state index in [0.717, 1.165) is 4.90 Å². The number of hydrogen-bond donors (Lipinski definition) is 4. The zero-order chi connectivity index (χ0) is 16.2. The van der Waals surface area contributed by atoms with Gasteiger partial charge in [-0.05, 0) is 13.3 Å². The fourth-order valence-electron chi connectivity index (χ4n) is 1.92. The van der Waals surface area contributed by atoms with Gasteiger partial charge in [-0.1, -0.05) is 0 Å². The van der Waals surface area contributed by atoms with Gasteiger partial charge < -0.3 is 20.8 Å². The Morgan fingerprint density at radius 3 is 2.62 bits per heavy atom. The number of carboxylic acid groups (broad SMARTS) is 1. The van der Waals surface area contributed by atoms with Crippen molar-refractivity contribution in [2.75, 3.05) is 13.6 Å². The van der Waals surface area contributed by atoms with Gasteiger partial charge in [0.25, 0.3) is 5.91 Å². The molecule has 0 aromatic rings. The van der Waals surface area contributed by atoms with Gasteiger partial charge in [0.15, 0.2) is 0 Å². The Labute approximate surface area is 121 Å². The molecule has 0 aliphatic carbocycles. The van der Waals surface area contributed by atoms with Gasteiger partial charge in [0.1, 0.15) is 6.04 Å². The van der Waals surface area contributed by atoms with E-state index in [1.165, 1.54) is 14.0 Å². The highest BCUT2D eigenvalue weighted by Gasteiger charge is 2.33. The van der Waals surface area contributed by atoms with Crippen LogP contribution in [0.5, 0.6) is 0 Å². The third-order valence-electron chi connectivity index (χ3n) is 3.12. The summed E-state index contributed by atoms with van der Waals surface area (Å²) in [6, 6.07) is -1.51. The zero-order valence-corrected chi connectivity index (χ0v) is 11.9. The lowest BCUT2D eigenvalue weighted by Crippen LogP contribution is -2.56. The van der Waals surface area contributed by atoms with Crippen LogP contribution in [-0.4, -0.2) is 64.2 Å². The highest BCUT2D eigenvalue weighted by atomic mass is 16.4. The molecular formula is C12H19N3O6. The molecule has 0 radical (unpaired) electrons. The minimum absolute atomic E-state index is 0.157. The minimum Gasteiger partial charge on any atom is -0.481 e. The Hall–Kier alpha value is -2.16. The molecule has 2 atom stereocenters. The summed E-state index contributed by atoms with van der Waals surface area (Å²) in [5.74, 6) is -1.99. The molecule has 21 heavy (non-hydrogen) atoms. The quantitative estimate of drug-likeness (QED) is 0.464. The van der Waals surface area contributed by atoms with Crippen molar-refractivity contribution < 1.29 is 29.4 Å². The molecule has 118 valence electrons. The minimum atomic E-state index is -1.59. The number of nitrogens with one attached hydrogen (secondary N) is 2. The van der Waals surface area contributed by atoms with Crippen molar-refractivity contribution in [1.29, 1.82) is 0 Å². The number of amides is 4. The molecule has 4 N–H and O–H groups in total. The summed E-state index contributed by atoms with van der Waals surface area (Å²) >= 11 is 0. The second kappa shape index (κ2) is 6.53.